The third-order valence-electron chi connectivity index (χ3n) is 7.35. The molecule has 0 saturated carbocycles. The summed E-state index contributed by atoms with van der Waals surface area (Å²) in [4.78, 5) is 41.3. The molecular formula is C27H31N3O4S. The minimum atomic E-state index is -0.433. The number of imide groups is 1. The summed E-state index contributed by atoms with van der Waals surface area (Å²) in [5, 5.41) is 1.64. The van der Waals surface area contributed by atoms with Crippen molar-refractivity contribution in [3.8, 4) is 5.75 Å². The van der Waals surface area contributed by atoms with E-state index in [0.29, 0.717) is 37.5 Å². The average Bonchev–Trinajstić information content (AvgIpc) is 3.18. The van der Waals surface area contributed by atoms with E-state index in [1.165, 1.54) is 11.3 Å². The van der Waals surface area contributed by atoms with Gasteiger partial charge in [0.2, 0.25) is 11.8 Å². The SMILES string of the molecule is COc1ccc(CC2SC(=O)NC2=O)c2c1N(CC1CCN(c3ccc(C)cc3)CC1)C(=O)CC2. The van der Waals surface area contributed by atoms with Crippen LogP contribution < -0.4 is 19.9 Å². The van der Waals surface area contributed by atoms with Crippen molar-refractivity contribution < 1.29 is 19.1 Å². The van der Waals surface area contributed by atoms with E-state index in [9.17, 15) is 14.4 Å². The maximum atomic E-state index is 13.1. The van der Waals surface area contributed by atoms with Crippen molar-refractivity contribution >= 4 is 40.2 Å². The Morgan fingerprint density at radius 2 is 1.77 bits per heavy atom. The molecule has 1 N–H and O–H groups in total. The van der Waals surface area contributed by atoms with Gasteiger partial charge in [-0.1, -0.05) is 35.5 Å². The molecule has 7 nitrogen and oxygen atoms in total. The number of amides is 3. The van der Waals surface area contributed by atoms with Crippen molar-refractivity contribution in [3.05, 3.63) is 53.1 Å². The molecular weight excluding hydrogens is 462 g/mol. The fourth-order valence-electron chi connectivity index (χ4n) is 5.39. The van der Waals surface area contributed by atoms with Gasteiger partial charge in [-0.05, 0) is 67.9 Å². The molecule has 0 radical (unpaired) electrons. The number of anilines is 2. The van der Waals surface area contributed by atoms with E-state index in [0.717, 1.165) is 54.5 Å². The van der Waals surface area contributed by atoms with Gasteiger partial charge in [0.1, 0.15) is 5.75 Å². The fraction of sp³-hybridized carbons (Fsp3) is 0.444. The molecule has 3 amide bonds. The lowest BCUT2D eigenvalue weighted by Crippen LogP contribution is -2.43. The van der Waals surface area contributed by atoms with Gasteiger partial charge >= 0.3 is 0 Å². The Kier molecular flexibility index (Phi) is 6.73. The molecule has 8 heteroatoms. The average molecular weight is 494 g/mol. The predicted octanol–water partition coefficient (Wildman–Crippen LogP) is 4.09. The molecule has 3 heterocycles. The summed E-state index contributed by atoms with van der Waals surface area (Å²) in [6, 6.07) is 12.5. The molecule has 2 saturated heterocycles. The van der Waals surface area contributed by atoms with Crippen molar-refractivity contribution in [3.63, 3.8) is 0 Å². The van der Waals surface area contributed by atoms with Crippen molar-refractivity contribution in [2.45, 2.75) is 44.3 Å². The minimum absolute atomic E-state index is 0.122. The predicted molar refractivity (Wildman–Crippen MR) is 138 cm³/mol. The lowest BCUT2D eigenvalue weighted by atomic mass is 9.90. The maximum Gasteiger partial charge on any atom is 0.286 e. The zero-order valence-corrected chi connectivity index (χ0v) is 21.0. The lowest BCUT2D eigenvalue weighted by molar-refractivity contribution is -0.120. The number of methoxy groups -OCH3 is 1. The van der Waals surface area contributed by atoms with E-state index >= 15 is 0 Å². The molecule has 1 unspecified atom stereocenters. The number of carbonyl (C=O) groups is 3. The number of nitrogens with one attached hydrogen (secondary N) is 1. The van der Waals surface area contributed by atoms with Gasteiger partial charge < -0.3 is 14.5 Å². The van der Waals surface area contributed by atoms with E-state index in [1.807, 2.05) is 17.0 Å². The first-order chi connectivity index (χ1) is 16.9. The quantitative estimate of drug-likeness (QED) is 0.653. The molecule has 0 aromatic heterocycles. The zero-order valence-electron chi connectivity index (χ0n) is 20.2. The van der Waals surface area contributed by atoms with Crippen LogP contribution in [-0.2, 0) is 22.4 Å². The summed E-state index contributed by atoms with van der Waals surface area (Å²) in [7, 11) is 1.63. The van der Waals surface area contributed by atoms with Crippen LogP contribution in [0.1, 0.15) is 36.0 Å². The number of piperidine rings is 1. The molecule has 1 atom stereocenters. The van der Waals surface area contributed by atoms with E-state index in [-0.39, 0.29) is 17.1 Å². The lowest BCUT2D eigenvalue weighted by Gasteiger charge is -2.38. The van der Waals surface area contributed by atoms with Gasteiger partial charge in [-0.2, -0.15) is 0 Å². The Labute approximate surface area is 210 Å². The van der Waals surface area contributed by atoms with Crippen molar-refractivity contribution in [1.29, 1.82) is 0 Å². The molecule has 0 aliphatic carbocycles. The minimum Gasteiger partial charge on any atom is -0.495 e. The topological polar surface area (TPSA) is 79.0 Å². The third-order valence-corrected chi connectivity index (χ3v) is 8.33. The largest absolute Gasteiger partial charge is 0.495 e. The molecule has 3 aliphatic rings. The molecule has 35 heavy (non-hydrogen) atoms. The van der Waals surface area contributed by atoms with E-state index in [2.05, 4.69) is 41.4 Å². The second-order valence-electron chi connectivity index (χ2n) is 9.61. The van der Waals surface area contributed by atoms with Gasteiger partial charge in [-0.15, -0.1) is 0 Å². The Morgan fingerprint density at radius 3 is 2.43 bits per heavy atom. The summed E-state index contributed by atoms with van der Waals surface area (Å²) >= 11 is 1.04. The van der Waals surface area contributed by atoms with Crippen molar-refractivity contribution in [2.75, 3.05) is 36.5 Å². The first-order valence-electron chi connectivity index (χ1n) is 12.2. The third kappa shape index (κ3) is 4.89. The number of hydrogen-bond donors (Lipinski definition) is 1. The van der Waals surface area contributed by atoms with E-state index in [4.69, 9.17) is 4.74 Å². The second-order valence-corrected chi connectivity index (χ2v) is 10.8. The number of carbonyl (C=O) groups excluding carboxylic acids is 3. The van der Waals surface area contributed by atoms with Crippen LogP contribution in [0.4, 0.5) is 16.2 Å². The van der Waals surface area contributed by atoms with Gasteiger partial charge in [-0.3, -0.25) is 19.7 Å². The van der Waals surface area contributed by atoms with Gasteiger partial charge in [0.05, 0.1) is 18.0 Å². The number of ether oxygens (including phenoxy) is 1. The summed E-state index contributed by atoms with van der Waals surface area (Å²) < 4.78 is 5.69. The van der Waals surface area contributed by atoms with Crippen LogP contribution in [0.25, 0.3) is 0 Å². The highest BCUT2D eigenvalue weighted by molar-refractivity contribution is 8.15. The van der Waals surface area contributed by atoms with Crippen LogP contribution in [0.2, 0.25) is 0 Å². The van der Waals surface area contributed by atoms with Crippen LogP contribution in [-0.4, -0.2) is 49.0 Å². The van der Waals surface area contributed by atoms with Gasteiger partial charge in [0.15, 0.2) is 0 Å². The molecule has 2 aromatic carbocycles. The van der Waals surface area contributed by atoms with Crippen molar-refractivity contribution in [2.24, 2.45) is 5.92 Å². The summed E-state index contributed by atoms with van der Waals surface area (Å²) in [6.45, 7) is 4.72. The Bertz CT molecular complexity index is 1140. The number of hydrogen-bond acceptors (Lipinski definition) is 6. The second kappa shape index (κ2) is 9.93. The van der Waals surface area contributed by atoms with Crippen LogP contribution in [0.3, 0.4) is 0 Å². The number of rotatable bonds is 6. The molecule has 0 spiro atoms. The number of nitrogens with zero attached hydrogens (tertiary/aromatic N) is 2. The number of benzene rings is 2. The van der Waals surface area contributed by atoms with Crippen LogP contribution >= 0.6 is 11.8 Å². The zero-order chi connectivity index (χ0) is 24.5. The first kappa shape index (κ1) is 23.7. The smallest absolute Gasteiger partial charge is 0.286 e. The fourth-order valence-corrected chi connectivity index (χ4v) is 6.23. The van der Waals surface area contributed by atoms with E-state index < -0.39 is 5.25 Å². The highest BCUT2D eigenvalue weighted by Gasteiger charge is 2.35. The summed E-state index contributed by atoms with van der Waals surface area (Å²) in [5.41, 5.74) is 5.44. The van der Waals surface area contributed by atoms with E-state index in [1.54, 1.807) is 7.11 Å². The number of thioether (sulfide) groups is 1. The maximum absolute atomic E-state index is 13.1. The Hall–Kier alpha value is -3.00. The molecule has 2 aromatic rings. The van der Waals surface area contributed by atoms with Gasteiger partial charge in [-0.25, -0.2) is 0 Å². The first-order valence-corrected chi connectivity index (χ1v) is 13.1. The monoisotopic (exact) mass is 493 g/mol. The standard InChI is InChI=1S/C27H31N3O4S/c1-17-3-6-20(7-4-17)29-13-11-18(12-14-29)16-30-24(31)10-8-21-19(5-9-22(34-2)25(21)30)15-23-26(32)28-27(33)35-23/h3-7,9,18,23H,8,10-16H2,1-2H3,(H,28,32,33). The highest BCUT2D eigenvalue weighted by atomic mass is 32.2. The summed E-state index contributed by atoms with van der Waals surface area (Å²) in [5.74, 6) is 0.980. The van der Waals surface area contributed by atoms with Crippen LogP contribution in [0.5, 0.6) is 5.75 Å². The van der Waals surface area contributed by atoms with Gasteiger partial charge in [0.25, 0.3) is 5.24 Å². The molecule has 184 valence electrons. The summed E-state index contributed by atoms with van der Waals surface area (Å²) in [6.07, 6.45) is 3.58. The van der Waals surface area contributed by atoms with Gasteiger partial charge in [0, 0.05) is 31.7 Å². The van der Waals surface area contributed by atoms with Crippen LogP contribution in [0, 0.1) is 12.8 Å². The van der Waals surface area contributed by atoms with Crippen LogP contribution in [0.15, 0.2) is 36.4 Å². The normalized spacial score (nSPS) is 20.7. The number of fused-ring (bicyclic) bond motifs is 1. The molecule has 0 bridgehead atoms. The Balaban J connectivity index is 1.33. The molecule has 3 aliphatic heterocycles. The highest BCUT2D eigenvalue weighted by Crippen LogP contribution is 2.41. The molecule has 2 fully saturated rings. The molecule has 5 rings (SSSR count). The Morgan fingerprint density at radius 1 is 1.03 bits per heavy atom. The number of aryl methyl sites for hydroxylation is 1. The van der Waals surface area contributed by atoms with Crippen molar-refractivity contribution in [1.82, 2.24) is 5.32 Å².